The van der Waals surface area contributed by atoms with Crippen molar-refractivity contribution in [2.24, 2.45) is 0 Å². The summed E-state index contributed by atoms with van der Waals surface area (Å²) >= 11 is 1.54. The third-order valence-corrected chi connectivity index (χ3v) is 6.55. The number of aromatic nitrogens is 4. The lowest BCUT2D eigenvalue weighted by atomic mass is 9.96. The second kappa shape index (κ2) is 9.90. The van der Waals surface area contributed by atoms with Crippen LogP contribution < -0.4 is 10.9 Å². The van der Waals surface area contributed by atoms with Crippen molar-refractivity contribution in [3.05, 3.63) is 106 Å². The van der Waals surface area contributed by atoms with E-state index in [2.05, 4.69) is 20.4 Å². The Balaban J connectivity index is 1.57. The molecule has 0 spiro atoms. The van der Waals surface area contributed by atoms with Crippen LogP contribution in [0.3, 0.4) is 0 Å². The minimum atomic E-state index is -0.326. The first-order valence-corrected chi connectivity index (χ1v) is 12.2. The Morgan fingerprint density at radius 1 is 1.00 bits per heavy atom. The van der Waals surface area contributed by atoms with Gasteiger partial charge in [0, 0.05) is 17.7 Å². The lowest BCUT2D eigenvalue weighted by Crippen LogP contribution is -2.23. The van der Waals surface area contributed by atoms with Crippen molar-refractivity contribution >= 4 is 23.1 Å². The molecular weight excluding hydrogens is 458 g/mol. The molecule has 0 saturated heterocycles. The first kappa shape index (κ1) is 22.5. The number of hydrogen-bond acceptors (Lipinski definition) is 5. The minimum Gasteiger partial charge on any atom is -0.310 e. The number of rotatable bonds is 7. The first-order chi connectivity index (χ1) is 17.1. The second-order valence-corrected chi connectivity index (χ2v) is 8.93. The Kier molecular flexibility index (Phi) is 6.36. The zero-order valence-electron chi connectivity index (χ0n) is 19.0. The highest BCUT2D eigenvalue weighted by Gasteiger charge is 2.22. The quantitative estimate of drug-likeness (QED) is 0.322. The monoisotopic (exact) mass is 481 g/mol. The predicted octanol–water partition coefficient (Wildman–Crippen LogP) is 5.48. The molecule has 0 radical (unpaired) electrons. The molecule has 0 unspecified atom stereocenters. The maximum atomic E-state index is 13.3. The largest absolute Gasteiger partial charge is 0.310 e. The van der Waals surface area contributed by atoms with E-state index in [9.17, 15) is 9.59 Å². The molecule has 5 aromatic rings. The number of hydrogen-bond donors (Lipinski definition) is 2. The van der Waals surface area contributed by atoms with E-state index in [1.807, 2.05) is 85.1 Å². The third kappa shape index (κ3) is 4.83. The molecule has 7 nitrogen and oxygen atoms in total. The fourth-order valence-electron chi connectivity index (χ4n) is 3.95. The van der Waals surface area contributed by atoms with E-state index in [0.717, 1.165) is 16.0 Å². The molecule has 174 valence electrons. The van der Waals surface area contributed by atoms with Gasteiger partial charge in [0.15, 0.2) is 0 Å². The van der Waals surface area contributed by atoms with Crippen LogP contribution in [0.5, 0.6) is 0 Å². The molecule has 2 aromatic carbocycles. The number of thiophene rings is 1. The van der Waals surface area contributed by atoms with E-state index in [1.54, 1.807) is 17.4 Å². The maximum absolute atomic E-state index is 13.3. The number of nitrogens with zero attached hydrogens (tertiary/aromatic N) is 3. The molecular formula is C27H23N5O2S. The van der Waals surface area contributed by atoms with Gasteiger partial charge in [0.2, 0.25) is 11.9 Å². The van der Waals surface area contributed by atoms with Crippen molar-refractivity contribution in [3.63, 3.8) is 0 Å². The van der Waals surface area contributed by atoms with Crippen LogP contribution >= 0.6 is 11.3 Å². The summed E-state index contributed by atoms with van der Waals surface area (Å²) < 4.78 is 1.48. The average Bonchev–Trinajstić information content (AvgIpc) is 3.56. The second-order valence-electron chi connectivity index (χ2n) is 7.98. The van der Waals surface area contributed by atoms with Crippen LogP contribution in [0.25, 0.3) is 27.8 Å². The third-order valence-electron chi connectivity index (χ3n) is 5.66. The van der Waals surface area contributed by atoms with Crippen LogP contribution in [0.1, 0.15) is 24.8 Å². The number of nitrogens with one attached hydrogen (secondary N) is 2. The molecule has 3 aromatic heterocycles. The normalized spacial score (nSPS) is 11.8. The molecule has 3 heterocycles. The summed E-state index contributed by atoms with van der Waals surface area (Å²) in [6.45, 7) is 1.98. The van der Waals surface area contributed by atoms with E-state index in [4.69, 9.17) is 0 Å². The summed E-state index contributed by atoms with van der Waals surface area (Å²) in [5, 5.41) is 9.68. The lowest BCUT2D eigenvalue weighted by Gasteiger charge is -2.16. The van der Waals surface area contributed by atoms with Gasteiger partial charge in [0.1, 0.15) is 11.5 Å². The van der Waals surface area contributed by atoms with Gasteiger partial charge < -0.3 is 5.32 Å². The lowest BCUT2D eigenvalue weighted by molar-refractivity contribution is -0.117. The fraction of sp³-hybridized carbons (Fsp3) is 0.111. The van der Waals surface area contributed by atoms with E-state index in [0.29, 0.717) is 23.6 Å². The number of aromatic amines is 1. The molecule has 0 bridgehead atoms. The SMILES string of the molecule is CC[C@@H](C(=O)Nc1cc(-c2cccs2)nn1-c1nc(-c2ccccc2)cc(=O)[nH]1)c1ccccc1. The summed E-state index contributed by atoms with van der Waals surface area (Å²) in [6.07, 6.45) is 0.639. The Hall–Kier alpha value is -4.30. The number of anilines is 1. The van der Waals surface area contributed by atoms with E-state index >= 15 is 0 Å². The number of carbonyl (C=O) groups is 1. The van der Waals surface area contributed by atoms with Gasteiger partial charge in [0.05, 0.1) is 16.5 Å². The van der Waals surface area contributed by atoms with Gasteiger partial charge in [-0.15, -0.1) is 11.3 Å². The zero-order chi connectivity index (χ0) is 24.2. The highest BCUT2D eigenvalue weighted by molar-refractivity contribution is 7.13. The van der Waals surface area contributed by atoms with Crippen molar-refractivity contribution < 1.29 is 4.79 Å². The Labute approximate surface area is 206 Å². The van der Waals surface area contributed by atoms with Gasteiger partial charge in [-0.1, -0.05) is 73.7 Å². The maximum Gasteiger partial charge on any atom is 0.252 e. The highest BCUT2D eigenvalue weighted by atomic mass is 32.1. The molecule has 0 saturated carbocycles. The number of H-pyrrole nitrogens is 1. The van der Waals surface area contributed by atoms with Gasteiger partial charge in [-0.2, -0.15) is 9.78 Å². The Morgan fingerprint density at radius 3 is 2.43 bits per heavy atom. The summed E-state index contributed by atoms with van der Waals surface area (Å²) in [6, 6.07) is 26.3. The van der Waals surface area contributed by atoms with Gasteiger partial charge in [0.25, 0.3) is 5.56 Å². The summed E-state index contributed by atoms with van der Waals surface area (Å²) in [5.41, 5.74) is 2.64. The van der Waals surface area contributed by atoms with Gasteiger partial charge in [-0.3, -0.25) is 14.6 Å². The van der Waals surface area contributed by atoms with Crippen LogP contribution in [0.15, 0.2) is 95.1 Å². The van der Waals surface area contributed by atoms with Crippen molar-refractivity contribution in [1.82, 2.24) is 19.7 Å². The molecule has 0 aliphatic rings. The average molecular weight is 482 g/mol. The molecule has 5 rings (SSSR count). The number of amides is 1. The summed E-state index contributed by atoms with van der Waals surface area (Å²) in [7, 11) is 0. The smallest absolute Gasteiger partial charge is 0.252 e. The molecule has 1 amide bonds. The van der Waals surface area contributed by atoms with Crippen molar-refractivity contribution in [2.45, 2.75) is 19.3 Å². The van der Waals surface area contributed by atoms with Crippen molar-refractivity contribution in [2.75, 3.05) is 5.32 Å². The van der Waals surface area contributed by atoms with E-state index in [1.165, 1.54) is 10.7 Å². The van der Waals surface area contributed by atoms with Crippen LogP contribution in [0, 0.1) is 0 Å². The highest BCUT2D eigenvalue weighted by Crippen LogP contribution is 2.29. The Bertz CT molecular complexity index is 1490. The molecule has 1 atom stereocenters. The van der Waals surface area contributed by atoms with E-state index in [-0.39, 0.29) is 23.3 Å². The summed E-state index contributed by atoms with van der Waals surface area (Å²) in [4.78, 5) is 34.2. The molecule has 0 aliphatic carbocycles. The molecule has 2 N–H and O–H groups in total. The van der Waals surface area contributed by atoms with E-state index < -0.39 is 0 Å². The fourth-order valence-corrected chi connectivity index (χ4v) is 4.63. The minimum absolute atomic E-state index is 0.154. The van der Waals surface area contributed by atoms with Gasteiger partial charge >= 0.3 is 0 Å². The van der Waals surface area contributed by atoms with Crippen LogP contribution in [0.4, 0.5) is 5.82 Å². The van der Waals surface area contributed by atoms with Gasteiger partial charge in [-0.25, -0.2) is 4.98 Å². The number of benzene rings is 2. The van der Waals surface area contributed by atoms with Gasteiger partial charge in [-0.05, 0) is 23.4 Å². The van der Waals surface area contributed by atoms with Crippen LogP contribution in [0.2, 0.25) is 0 Å². The standard InChI is InChI=1S/C27H23N5O2S/c1-2-20(18-10-5-3-6-11-18)26(34)29-24-16-22(23-14-9-15-35-23)31-32(24)27-28-21(17-25(33)30-27)19-12-7-4-8-13-19/h3-17,20H,2H2,1H3,(H,29,34)(H,28,30,33)/t20-/m1/s1. The number of carbonyl (C=O) groups excluding carboxylic acids is 1. The predicted molar refractivity (Wildman–Crippen MR) is 139 cm³/mol. The molecule has 8 heteroatoms. The van der Waals surface area contributed by atoms with Crippen molar-refractivity contribution in [3.8, 4) is 27.8 Å². The van der Waals surface area contributed by atoms with Crippen LogP contribution in [-0.4, -0.2) is 25.7 Å². The summed E-state index contributed by atoms with van der Waals surface area (Å²) in [5.74, 6) is 0.176. The Morgan fingerprint density at radius 2 is 1.74 bits per heavy atom. The molecule has 0 fully saturated rings. The van der Waals surface area contributed by atoms with Crippen LogP contribution in [-0.2, 0) is 4.79 Å². The molecule has 35 heavy (non-hydrogen) atoms. The topological polar surface area (TPSA) is 92.7 Å². The first-order valence-electron chi connectivity index (χ1n) is 11.3. The van der Waals surface area contributed by atoms with Crippen molar-refractivity contribution in [1.29, 1.82) is 0 Å². The molecule has 0 aliphatic heterocycles. The zero-order valence-corrected chi connectivity index (χ0v) is 19.8.